The van der Waals surface area contributed by atoms with Crippen molar-refractivity contribution in [3.8, 4) is 0 Å². The first-order valence-electron chi connectivity index (χ1n) is 5.16. The monoisotopic (exact) mass is 228 g/mol. The van der Waals surface area contributed by atoms with Crippen LogP contribution in [0, 0.1) is 12.7 Å². The van der Waals surface area contributed by atoms with Gasteiger partial charge in [0.05, 0.1) is 19.8 Å². The van der Waals surface area contributed by atoms with Crippen LogP contribution in [0.3, 0.4) is 0 Å². The van der Waals surface area contributed by atoms with Crippen LogP contribution >= 0.6 is 0 Å². The second-order valence-corrected chi connectivity index (χ2v) is 3.59. The number of halogens is 1. The minimum absolute atomic E-state index is 0.189. The van der Waals surface area contributed by atoms with Crippen molar-refractivity contribution in [1.82, 2.24) is 0 Å². The summed E-state index contributed by atoms with van der Waals surface area (Å²) in [6.45, 7) is 2.79. The van der Waals surface area contributed by atoms with Gasteiger partial charge in [0.25, 0.3) is 0 Å². The normalized spacial score (nSPS) is 12.8. The van der Waals surface area contributed by atoms with Gasteiger partial charge in [0, 0.05) is 7.11 Å². The standard InChI is InChI=1S/C12H17FO3/c1-9-7-10(3-4-11(9)13)12(14)8-16-6-5-15-2/h3-4,7,12,14H,5-6,8H2,1-2H3. The van der Waals surface area contributed by atoms with Gasteiger partial charge in [-0.2, -0.15) is 0 Å². The Kier molecular flexibility index (Phi) is 5.38. The number of benzene rings is 1. The molecular formula is C12H17FO3. The molecule has 1 atom stereocenters. The summed E-state index contributed by atoms with van der Waals surface area (Å²) >= 11 is 0. The number of hydrogen-bond donors (Lipinski definition) is 1. The molecule has 0 radical (unpaired) electrons. The number of methoxy groups -OCH3 is 1. The maximum absolute atomic E-state index is 13.0. The molecule has 0 saturated heterocycles. The quantitative estimate of drug-likeness (QED) is 0.755. The Labute approximate surface area is 94.8 Å². The molecule has 1 aromatic carbocycles. The van der Waals surface area contributed by atoms with Crippen LogP contribution in [-0.4, -0.2) is 32.0 Å². The molecule has 0 aliphatic heterocycles. The van der Waals surface area contributed by atoms with Gasteiger partial charge in [0.1, 0.15) is 11.9 Å². The molecule has 0 heterocycles. The highest BCUT2D eigenvalue weighted by atomic mass is 19.1. The first-order chi connectivity index (χ1) is 7.65. The molecule has 1 aromatic rings. The van der Waals surface area contributed by atoms with E-state index in [1.54, 1.807) is 26.2 Å². The van der Waals surface area contributed by atoms with Crippen molar-refractivity contribution in [1.29, 1.82) is 0 Å². The van der Waals surface area contributed by atoms with Crippen molar-refractivity contribution in [2.45, 2.75) is 13.0 Å². The zero-order valence-electron chi connectivity index (χ0n) is 9.57. The highest BCUT2D eigenvalue weighted by Crippen LogP contribution is 2.16. The van der Waals surface area contributed by atoms with Crippen LogP contribution in [0.2, 0.25) is 0 Å². The highest BCUT2D eigenvalue weighted by molar-refractivity contribution is 5.25. The lowest BCUT2D eigenvalue weighted by Gasteiger charge is -2.12. The maximum Gasteiger partial charge on any atom is 0.126 e. The molecule has 16 heavy (non-hydrogen) atoms. The molecular weight excluding hydrogens is 211 g/mol. The zero-order valence-corrected chi connectivity index (χ0v) is 9.57. The topological polar surface area (TPSA) is 38.7 Å². The van der Waals surface area contributed by atoms with Crippen molar-refractivity contribution in [3.05, 3.63) is 35.1 Å². The van der Waals surface area contributed by atoms with Crippen molar-refractivity contribution >= 4 is 0 Å². The fourth-order valence-corrected chi connectivity index (χ4v) is 1.31. The average molecular weight is 228 g/mol. The summed E-state index contributed by atoms with van der Waals surface area (Å²) in [5.41, 5.74) is 1.18. The molecule has 0 amide bonds. The molecule has 1 unspecified atom stereocenters. The largest absolute Gasteiger partial charge is 0.386 e. The van der Waals surface area contributed by atoms with E-state index in [-0.39, 0.29) is 12.4 Å². The third-order valence-electron chi connectivity index (χ3n) is 2.27. The molecule has 1 rings (SSSR count). The third-order valence-corrected chi connectivity index (χ3v) is 2.27. The van der Waals surface area contributed by atoms with Crippen LogP contribution in [0.4, 0.5) is 4.39 Å². The van der Waals surface area contributed by atoms with Gasteiger partial charge in [0.15, 0.2) is 0 Å². The number of aliphatic hydroxyl groups excluding tert-OH is 1. The Morgan fingerprint density at radius 2 is 2.12 bits per heavy atom. The molecule has 0 spiro atoms. The van der Waals surface area contributed by atoms with Gasteiger partial charge in [-0.05, 0) is 24.1 Å². The summed E-state index contributed by atoms with van der Waals surface area (Å²) in [5, 5.41) is 9.75. The van der Waals surface area contributed by atoms with Crippen molar-refractivity contribution in [3.63, 3.8) is 0 Å². The minimum atomic E-state index is -0.726. The lowest BCUT2D eigenvalue weighted by Crippen LogP contribution is -2.10. The Hall–Kier alpha value is -0.970. The van der Waals surface area contributed by atoms with Crippen LogP contribution in [0.1, 0.15) is 17.2 Å². The van der Waals surface area contributed by atoms with Gasteiger partial charge in [-0.25, -0.2) is 4.39 Å². The molecule has 0 fully saturated rings. The van der Waals surface area contributed by atoms with Crippen LogP contribution < -0.4 is 0 Å². The van der Waals surface area contributed by atoms with Crippen LogP contribution in [0.5, 0.6) is 0 Å². The van der Waals surface area contributed by atoms with Gasteiger partial charge in [0.2, 0.25) is 0 Å². The predicted molar refractivity (Wildman–Crippen MR) is 58.8 cm³/mol. The van der Waals surface area contributed by atoms with E-state index in [0.29, 0.717) is 24.3 Å². The number of hydrogen-bond acceptors (Lipinski definition) is 3. The number of rotatable bonds is 6. The SMILES string of the molecule is COCCOCC(O)c1ccc(F)c(C)c1. The Morgan fingerprint density at radius 1 is 1.38 bits per heavy atom. The van der Waals surface area contributed by atoms with E-state index in [0.717, 1.165) is 0 Å². The fraction of sp³-hybridized carbons (Fsp3) is 0.500. The number of aliphatic hydroxyl groups is 1. The number of ether oxygens (including phenoxy) is 2. The van der Waals surface area contributed by atoms with E-state index < -0.39 is 6.10 Å². The Bertz CT molecular complexity index is 328. The molecule has 0 aliphatic carbocycles. The summed E-state index contributed by atoms with van der Waals surface area (Å²) < 4.78 is 23.0. The average Bonchev–Trinajstić information content (AvgIpc) is 2.28. The van der Waals surface area contributed by atoms with Crippen LogP contribution in [0.15, 0.2) is 18.2 Å². The van der Waals surface area contributed by atoms with E-state index in [4.69, 9.17) is 9.47 Å². The molecule has 3 nitrogen and oxygen atoms in total. The van der Waals surface area contributed by atoms with Gasteiger partial charge < -0.3 is 14.6 Å². The van der Waals surface area contributed by atoms with Crippen LogP contribution in [0.25, 0.3) is 0 Å². The molecule has 90 valence electrons. The Balaban J connectivity index is 2.46. The summed E-state index contributed by atoms with van der Waals surface area (Å²) in [5.74, 6) is -0.267. The second-order valence-electron chi connectivity index (χ2n) is 3.59. The molecule has 0 saturated carbocycles. The smallest absolute Gasteiger partial charge is 0.126 e. The van der Waals surface area contributed by atoms with Gasteiger partial charge in [-0.1, -0.05) is 12.1 Å². The molecule has 0 aliphatic rings. The molecule has 0 bridgehead atoms. The Morgan fingerprint density at radius 3 is 2.75 bits per heavy atom. The number of aryl methyl sites for hydroxylation is 1. The molecule has 4 heteroatoms. The summed E-state index contributed by atoms with van der Waals surface area (Å²) in [7, 11) is 1.59. The lowest BCUT2D eigenvalue weighted by molar-refractivity contribution is 0.0125. The first kappa shape index (κ1) is 13.1. The summed E-state index contributed by atoms with van der Waals surface area (Å²) in [4.78, 5) is 0. The van der Waals surface area contributed by atoms with E-state index in [1.807, 2.05) is 0 Å². The maximum atomic E-state index is 13.0. The molecule has 1 N–H and O–H groups in total. The van der Waals surface area contributed by atoms with E-state index in [2.05, 4.69) is 0 Å². The minimum Gasteiger partial charge on any atom is -0.386 e. The van der Waals surface area contributed by atoms with Gasteiger partial charge >= 0.3 is 0 Å². The second kappa shape index (κ2) is 6.58. The first-order valence-corrected chi connectivity index (χ1v) is 5.16. The molecule has 0 aromatic heterocycles. The third kappa shape index (κ3) is 3.89. The van der Waals surface area contributed by atoms with E-state index in [1.165, 1.54) is 6.07 Å². The van der Waals surface area contributed by atoms with Crippen molar-refractivity contribution in [2.24, 2.45) is 0 Å². The summed E-state index contributed by atoms with van der Waals surface area (Å²) in [6.07, 6.45) is -0.726. The van der Waals surface area contributed by atoms with Gasteiger partial charge in [-0.3, -0.25) is 0 Å². The summed E-state index contributed by atoms with van der Waals surface area (Å²) in [6, 6.07) is 4.54. The van der Waals surface area contributed by atoms with Crippen LogP contribution in [-0.2, 0) is 9.47 Å². The van der Waals surface area contributed by atoms with Crippen molar-refractivity contribution < 1.29 is 19.0 Å². The zero-order chi connectivity index (χ0) is 12.0. The van der Waals surface area contributed by atoms with E-state index in [9.17, 15) is 9.50 Å². The fourth-order valence-electron chi connectivity index (χ4n) is 1.31. The van der Waals surface area contributed by atoms with E-state index >= 15 is 0 Å². The predicted octanol–water partition coefficient (Wildman–Crippen LogP) is 1.83. The lowest BCUT2D eigenvalue weighted by atomic mass is 10.1. The highest BCUT2D eigenvalue weighted by Gasteiger charge is 2.09. The van der Waals surface area contributed by atoms with Crippen molar-refractivity contribution in [2.75, 3.05) is 26.9 Å². The van der Waals surface area contributed by atoms with Gasteiger partial charge in [-0.15, -0.1) is 0 Å².